The van der Waals surface area contributed by atoms with Crippen molar-refractivity contribution in [2.24, 2.45) is 10.4 Å². The number of carbonyl (C=O) groups is 3. The third-order valence-electron chi connectivity index (χ3n) is 4.56. The topological polar surface area (TPSA) is 99.7 Å². The van der Waals surface area contributed by atoms with Crippen LogP contribution in [0.4, 0.5) is 10.5 Å². The van der Waals surface area contributed by atoms with Crippen LogP contribution in [-0.2, 0) is 9.59 Å². The van der Waals surface area contributed by atoms with Gasteiger partial charge in [0.2, 0.25) is 17.8 Å². The SMILES string of the molecule is C=CCC1(CC=C)C(=O)NC(=NC(=O)Nc2cccc3ccccc23)NC1=O. The van der Waals surface area contributed by atoms with E-state index in [1.807, 2.05) is 36.4 Å². The summed E-state index contributed by atoms with van der Waals surface area (Å²) in [5, 5.41) is 9.46. The molecule has 2 aromatic carbocycles. The van der Waals surface area contributed by atoms with Gasteiger partial charge in [0.1, 0.15) is 5.41 Å². The van der Waals surface area contributed by atoms with Crippen molar-refractivity contribution in [2.45, 2.75) is 12.8 Å². The van der Waals surface area contributed by atoms with Crippen molar-refractivity contribution < 1.29 is 14.4 Å². The molecule has 4 amide bonds. The summed E-state index contributed by atoms with van der Waals surface area (Å²) in [4.78, 5) is 41.2. The first-order valence-electron chi connectivity index (χ1n) is 8.72. The highest BCUT2D eigenvalue weighted by atomic mass is 16.2. The maximum absolute atomic E-state index is 12.6. The van der Waals surface area contributed by atoms with Crippen LogP contribution in [0, 0.1) is 5.41 Å². The second-order valence-corrected chi connectivity index (χ2v) is 6.39. The fourth-order valence-electron chi connectivity index (χ4n) is 3.17. The van der Waals surface area contributed by atoms with Crippen molar-refractivity contribution in [2.75, 3.05) is 5.32 Å². The van der Waals surface area contributed by atoms with Gasteiger partial charge in [-0.25, -0.2) is 4.79 Å². The molecule has 0 saturated carbocycles. The van der Waals surface area contributed by atoms with Gasteiger partial charge in [0.05, 0.1) is 5.69 Å². The zero-order chi connectivity index (χ0) is 20.1. The second-order valence-electron chi connectivity index (χ2n) is 6.39. The Morgan fingerprint density at radius 2 is 1.61 bits per heavy atom. The van der Waals surface area contributed by atoms with E-state index in [9.17, 15) is 14.4 Å². The summed E-state index contributed by atoms with van der Waals surface area (Å²) in [6, 6.07) is 12.3. The Bertz CT molecular complexity index is 972. The highest BCUT2D eigenvalue weighted by Gasteiger charge is 2.47. The lowest BCUT2D eigenvalue weighted by atomic mass is 9.78. The molecule has 1 saturated heterocycles. The zero-order valence-corrected chi connectivity index (χ0v) is 15.2. The lowest BCUT2D eigenvalue weighted by Crippen LogP contribution is -2.63. The molecule has 3 N–H and O–H groups in total. The van der Waals surface area contributed by atoms with Gasteiger partial charge in [0, 0.05) is 5.39 Å². The number of fused-ring (bicyclic) bond motifs is 1. The van der Waals surface area contributed by atoms with Gasteiger partial charge in [-0.05, 0) is 24.3 Å². The van der Waals surface area contributed by atoms with Crippen LogP contribution in [-0.4, -0.2) is 23.8 Å². The first kappa shape index (κ1) is 19.0. The van der Waals surface area contributed by atoms with E-state index >= 15 is 0 Å². The summed E-state index contributed by atoms with van der Waals surface area (Å²) in [6.07, 6.45) is 3.29. The standard InChI is InChI=1S/C21H20N4O3/c1-3-12-21(13-4-2)17(26)23-19(24-18(21)27)25-20(28)22-16-11-7-9-14-8-5-6-10-15(14)16/h3-11H,1-2,12-13H2,(H3,22,23,24,25,26,27,28). The molecule has 0 radical (unpaired) electrons. The lowest BCUT2D eigenvalue weighted by molar-refractivity contribution is -0.143. The van der Waals surface area contributed by atoms with Crippen molar-refractivity contribution in [1.29, 1.82) is 0 Å². The summed E-state index contributed by atoms with van der Waals surface area (Å²) in [6.45, 7) is 7.20. The van der Waals surface area contributed by atoms with Crippen LogP contribution in [0.2, 0.25) is 0 Å². The minimum atomic E-state index is -1.34. The van der Waals surface area contributed by atoms with Crippen molar-refractivity contribution in [3.8, 4) is 0 Å². The fourth-order valence-corrected chi connectivity index (χ4v) is 3.17. The molecule has 3 rings (SSSR count). The molecule has 0 aromatic heterocycles. The number of guanidine groups is 1. The van der Waals surface area contributed by atoms with Gasteiger partial charge in [-0.1, -0.05) is 48.6 Å². The fraction of sp³-hybridized carbons (Fsp3) is 0.143. The minimum Gasteiger partial charge on any atom is -0.305 e. The summed E-state index contributed by atoms with van der Waals surface area (Å²) >= 11 is 0. The zero-order valence-electron chi connectivity index (χ0n) is 15.2. The number of nitrogens with zero attached hydrogens (tertiary/aromatic N) is 1. The average molecular weight is 376 g/mol. The Hall–Kier alpha value is -3.74. The quantitative estimate of drug-likeness (QED) is 0.552. The number of rotatable bonds is 5. The van der Waals surface area contributed by atoms with Gasteiger partial charge in [0.25, 0.3) is 0 Å². The van der Waals surface area contributed by atoms with Gasteiger partial charge in [-0.2, -0.15) is 4.99 Å². The monoisotopic (exact) mass is 376 g/mol. The average Bonchev–Trinajstić information content (AvgIpc) is 2.66. The van der Waals surface area contributed by atoms with Gasteiger partial charge < -0.3 is 5.32 Å². The molecule has 28 heavy (non-hydrogen) atoms. The summed E-state index contributed by atoms with van der Waals surface area (Å²) in [5.41, 5.74) is -0.761. The van der Waals surface area contributed by atoms with Gasteiger partial charge in [0.15, 0.2) is 0 Å². The number of amides is 4. The van der Waals surface area contributed by atoms with Gasteiger partial charge >= 0.3 is 6.03 Å². The molecule has 0 unspecified atom stereocenters. The number of allylic oxidation sites excluding steroid dienone is 2. The number of benzene rings is 2. The minimum absolute atomic E-state index is 0.145. The molecule has 1 aliphatic heterocycles. The molecule has 2 aromatic rings. The van der Waals surface area contributed by atoms with E-state index in [1.54, 1.807) is 6.07 Å². The van der Waals surface area contributed by atoms with E-state index in [1.165, 1.54) is 12.2 Å². The third-order valence-corrected chi connectivity index (χ3v) is 4.56. The molecular weight excluding hydrogens is 356 g/mol. The Kier molecular flexibility index (Phi) is 5.35. The Morgan fingerprint density at radius 3 is 2.25 bits per heavy atom. The van der Waals surface area contributed by atoms with E-state index in [0.29, 0.717) is 5.69 Å². The Morgan fingerprint density at radius 1 is 1.00 bits per heavy atom. The molecule has 7 heteroatoms. The predicted molar refractivity (Wildman–Crippen MR) is 109 cm³/mol. The molecule has 0 atom stereocenters. The van der Waals surface area contributed by atoms with Crippen LogP contribution in [0.1, 0.15) is 12.8 Å². The van der Waals surface area contributed by atoms with E-state index in [0.717, 1.165) is 10.8 Å². The van der Waals surface area contributed by atoms with E-state index in [4.69, 9.17) is 0 Å². The predicted octanol–water partition coefficient (Wildman–Crippen LogP) is 3.11. The molecule has 0 aliphatic carbocycles. The summed E-state index contributed by atoms with van der Waals surface area (Å²) in [5.74, 6) is -1.31. The molecule has 0 spiro atoms. The van der Waals surface area contributed by atoms with Crippen molar-refractivity contribution in [1.82, 2.24) is 10.6 Å². The maximum atomic E-state index is 12.6. The largest absolute Gasteiger partial charge is 0.348 e. The molecule has 1 heterocycles. The van der Waals surface area contributed by atoms with Gasteiger partial charge in [-0.15, -0.1) is 13.2 Å². The Balaban J connectivity index is 1.80. The first-order valence-corrected chi connectivity index (χ1v) is 8.72. The van der Waals surface area contributed by atoms with Crippen molar-refractivity contribution in [3.63, 3.8) is 0 Å². The normalized spacial score (nSPS) is 15.4. The lowest BCUT2D eigenvalue weighted by Gasteiger charge is -2.33. The second kappa shape index (κ2) is 7.87. The number of aliphatic imine (C=N–C) groups is 1. The highest BCUT2D eigenvalue weighted by molar-refractivity contribution is 6.22. The number of urea groups is 1. The van der Waals surface area contributed by atoms with Crippen LogP contribution < -0.4 is 16.0 Å². The number of hydrogen-bond acceptors (Lipinski definition) is 3. The number of nitrogens with one attached hydrogen (secondary N) is 3. The summed E-state index contributed by atoms with van der Waals surface area (Å²) < 4.78 is 0. The molecule has 1 fully saturated rings. The molecule has 1 aliphatic rings. The van der Waals surface area contributed by atoms with Crippen LogP contribution in [0.15, 0.2) is 72.8 Å². The van der Waals surface area contributed by atoms with Crippen molar-refractivity contribution >= 4 is 40.3 Å². The van der Waals surface area contributed by atoms with Crippen LogP contribution in [0.5, 0.6) is 0 Å². The maximum Gasteiger partial charge on any atom is 0.348 e. The van der Waals surface area contributed by atoms with E-state index in [2.05, 4.69) is 34.1 Å². The highest BCUT2D eigenvalue weighted by Crippen LogP contribution is 2.30. The smallest absolute Gasteiger partial charge is 0.305 e. The number of hydrogen-bond donors (Lipinski definition) is 3. The van der Waals surface area contributed by atoms with Crippen molar-refractivity contribution in [3.05, 3.63) is 67.8 Å². The van der Waals surface area contributed by atoms with Crippen LogP contribution in [0.25, 0.3) is 10.8 Å². The Labute approximate surface area is 162 Å². The number of anilines is 1. The van der Waals surface area contributed by atoms with E-state index < -0.39 is 23.3 Å². The number of carbonyl (C=O) groups excluding carboxylic acids is 3. The molecular formula is C21H20N4O3. The third kappa shape index (κ3) is 3.55. The molecule has 142 valence electrons. The molecule has 0 bridgehead atoms. The molecule has 7 nitrogen and oxygen atoms in total. The van der Waals surface area contributed by atoms with E-state index in [-0.39, 0.29) is 18.8 Å². The summed E-state index contributed by atoms with van der Waals surface area (Å²) in [7, 11) is 0. The van der Waals surface area contributed by atoms with Crippen LogP contribution in [0.3, 0.4) is 0 Å². The van der Waals surface area contributed by atoms with Gasteiger partial charge in [-0.3, -0.25) is 20.2 Å². The van der Waals surface area contributed by atoms with Crippen LogP contribution >= 0.6 is 0 Å². The first-order chi connectivity index (χ1) is 13.5.